The number of hydrogen-bond donors (Lipinski definition) is 4. The molecule has 4 aromatic rings. The van der Waals surface area contributed by atoms with Crippen molar-refractivity contribution >= 4 is 45.7 Å². The standard InChI is InChI=1S/C28H26ClFN4O4S/c1-32-25-8-5-19(26-10-7-22(38-26)16-33-11-12-39(35)36)14-23(25)28(31)34-21-6-9-27(24(29)15-21)37-17-18-3-2-4-20(30)13-18/h2-10,13-16,32,39H,11-12,17H2,1H3,(H2,31,34)/b33-16+. The lowest BCUT2D eigenvalue weighted by atomic mass is 10.1. The number of halogens is 2. The largest absolute Gasteiger partial charge is 0.487 e. The molecule has 3 N–H and O–H groups in total. The molecule has 202 valence electrons. The van der Waals surface area contributed by atoms with Crippen molar-refractivity contribution in [2.75, 3.05) is 30.0 Å². The Morgan fingerprint density at radius 3 is 2.72 bits per heavy atom. The first-order valence-corrected chi connectivity index (χ1v) is 13.6. The molecule has 3 aromatic carbocycles. The smallest absolute Gasteiger partial charge is 0.145 e. The Morgan fingerprint density at radius 1 is 1.13 bits per heavy atom. The van der Waals surface area contributed by atoms with Crippen molar-refractivity contribution in [2.45, 2.75) is 6.61 Å². The molecule has 0 saturated heterocycles. The second-order valence-corrected chi connectivity index (χ2v) is 9.89. The van der Waals surface area contributed by atoms with Gasteiger partial charge < -0.3 is 19.8 Å². The van der Waals surface area contributed by atoms with E-state index in [1.54, 1.807) is 49.5 Å². The molecule has 0 aliphatic carbocycles. The van der Waals surface area contributed by atoms with Gasteiger partial charge in [-0.3, -0.25) is 10.4 Å². The minimum Gasteiger partial charge on any atom is -0.487 e. The van der Waals surface area contributed by atoms with E-state index in [1.165, 1.54) is 18.3 Å². The molecule has 4 rings (SSSR count). The van der Waals surface area contributed by atoms with E-state index in [2.05, 4.69) is 15.6 Å². The molecular weight excluding hydrogens is 543 g/mol. The van der Waals surface area contributed by atoms with Gasteiger partial charge in [-0.05, 0) is 66.2 Å². The third-order valence-electron chi connectivity index (χ3n) is 5.58. The van der Waals surface area contributed by atoms with Crippen LogP contribution in [0, 0.1) is 11.2 Å². The summed E-state index contributed by atoms with van der Waals surface area (Å²) in [6, 6.07) is 20.3. The summed E-state index contributed by atoms with van der Waals surface area (Å²) in [7, 11) is -0.694. The molecule has 1 aromatic heterocycles. The van der Waals surface area contributed by atoms with Crippen molar-refractivity contribution in [1.29, 1.82) is 5.41 Å². The Morgan fingerprint density at radius 2 is 1.97 bits per heavy atom. The van der Waals surface area contributed by atoms with Crippen molar-refractivity contribution in [3.05, 3.63) is 101 Å². The summed E-state index contributed by atoms with van der Waals surface area (Å²) in [6.07, 6.45) is 1.49. The van der Waals surface area contributed by atoms with Crippen LogP contribution in [0.2, 0.25) is 5.02 Å². The number of furan rings is 1. The highest BCUT2D eigenvalue weighted by molar-refractivity contribution is 7.72. The lowest BCUT2D eigenvalue weighted by Gasteiger charge is -2.15. The average Bonchev–Trinajstić information content (AvgIpc) is 3.39. The highest BCUT2D eigenvalue weighted by Gasteiger charge is 2.13. The van der Waals surface area contributed by atoms with E-state index < -0.39 is 10.7 Å². The van der Waals surface area contributed by atoms with Crippen LogP contribution in [0.3, 0.4) is 0 Å². The summed E-state index contributed by atoms with van der Waals surface area (Å²) in [5, 5.41) is 15.2. The predicted octanol–water partition coefficient (Wildman–Crippen LogP) is 5.83. The highest BCUT2D eigenvalue weighted by Crippen LogP contribution is 2.30. The SMILES string of the molecule is CNc1ccc(-c2ccc(/C=N/CC[SH](=O)=O)o2)cc1C(=N)Nc1ccc(OCc2cccc(F)c2)c(Cl)c1. The van der Waals surface area contributed by atoms with Crippen LogP contribution >= 0.6 is 11.6 Å². The molecule has 1 heterocycles. The number of rotatable bonds is 11. The summed E-state index contributed by atoms with van der Waals surface area (Å²) in [6.45, 7) is 0.336. The normalized spacial score (nSPS) is 11.2. The van der Waals surface area contributed by atoms with Gasteiger partial charge in [-0.2, -0.15) is 0 Å². The molecule has 0 aliphatic rings. The van der Waals surface area contributed by atoms with Crippen molar-refractivity contribution in [3.63, 3.8) is 0 Å². The fourth-order valence-electron chi connectivity index (χ4n) is 3.69. The number of nitrogens with zero attached hydrogens (tertiary/aromatic N) is 1. The van der Waals surface area contributed by atoms with Gasteiger partial charge in [-0.25, -0.2) is 12.8 Å². The van der Waals surface area contributed by atoms with E-state index in [4.69, 9.17) is 26.2 Å². The Hall–Kier alpha value is -4.15. The molecule has 0 atom stereocenters. The van der Waals surface area contributed by atoms with Crippen molar-refractivity contribution in [3.8, 4) is 17.1 Å². The van der Waals surface area contributed by atoms with E-state index in [-0.39, 0.29) is 30.6 Å². The van der Waals surface area contributed by atoms with Gasteiger partial charge in [0.1, 0.15) is 46.2 Å². The maximum Gasteiger partial charge on any atom is 0.145 e. The van der Waals surface area contributed by atoms with Crippen LogP contribution in [-0.2, 0) is 17.3 Å². The minimum atomic E-state index is -2.46. The van der Waals surface area contributed by atoms with Crippen LogP contribution in [0.1, 0.15) is 16.9 Å². The fraction of sp³-hybridized carbons (Fsp3) is 0.143. The first kappa shape index (κ1) is 27.9. The van der Waals surface area contributed by atoms with Gasteiger partial charge in [0.25, 0.3) is 0 Å². The predicted molar refractivity (Wildman–Crippen MR) is 154 cm³/mol. The topological polar surface area (TPSA) is 117 Å². The molecule has 0 amide bonds. The van der Waals surface area contributed by atoms with Gasteiger partial charge >= 0.3 is 0 Å². The number of hydrogen-bond acceptors (Lipinski definition) is 7. The summed E-state index contributed by atoms with van der Waals surface area (Å²) in [5.41, 5.74) is 3.35. The third kappa shape index (κ3) is 7.68. The van der Waals surface area contributed by atoms with Crippen LogP contribution < -0.4 is 15.4 Å². The molecule has 0 bridgehead atoms. The maximum absolute atomic E-state index is 13.4. The molecule has 0 unspecified atom stereocenters. The lowest BCUT2D eigenvalue weighted by molar-refractivity contribution is 0.306. The van der Waals surface area contributed by atoms with Crippen LogP contribution in [0.4, 0.5) is 15.8 Å². The second kappa shape index (κ2) is 13.1. The van der Waals surface area contributed by atoms with Crippen LogP contribution in [0.15, 0.2) is 82.2 Å². The summed E-state index contributed by atoms with van der Waals surface area (Å²) in [5.74, 6) is 1.29. The molecule has 39 heavy (non-hydrogen) atoms. The third-order valence-corrected chi connectivity index (χ3v) is 6.44. The quantitative estimate of drug-likeness (QED) is 0.103. The highest BCUT2D eigenvalue weighted by atomic mass is 35.5. The van der Waals surface area contributed by atoms with Crippen LogP contribution in [0.25, 0.3) is 11.3 Å². The number of benzene rings is 3. The fourth-order valence-corrected chi connectivity index (χ4v) is 4.20. The molecular formula is C28H26ClFN4O4S. The van der Waals surface area contributed by atoms with Gasteiger partial charge in [0.15, 0.2) is 0 Å². The van der Waals surface area contributed by atoms with Gasteiger partial charge in [0, 0.05) is 29.5 Å². The van der Waals surface area contributed by atoms with E-state index in [0.717, 1.165) is 11.3 Å². The monoisotopic (exact) mass is 568 g/mol. The summed E-state index contributed by atoms with van der Waals surface area (Å²) < 4.78 is 46.3. The minimum absolute atomic E-state index is 0.0147. The van der Waals surface area contributed by atoms with E-state index in [0.29, 0.717) is 39.1 Å². The Labute approximate surface area is 232 Å². The molecule has 11 heteroatoms. The van der Waals surface area contributed by atoms with Crippen molar-refractivity contribution < 1.29 is 22.0 Å². The number of amidine groups is 1. The Balaban J connectivity index is 1.46. The number of aliphatic imine (C=N–C) groups is 1. The Kier molecular flexibility index (Phi) is 9.35. The molecule has 0 saturated carbocycles. The van der Waals surface area contributed by atoms with E-state index in [1.807, 2.05) is 18.2 Å². The molecule has 0 spiro atoms. The van der Waals surface area contributed by atoms with E-state index >= 15 is 0 Å². The summed E-state index contributed by atoms with van der Waals surface area (Å²) in [4.78, 5) is 4.06. The first-order chi connectivity index (χ1) is 18.8. The lowest BCUT2D eigenvalue weighted by Crippen LogP contribution is -2.14. The zero-order valence-corrected chi connectivity index (χ0v) is 22.6. The average molecular weight is 569 g/mol. The second-order valence-electron chi connectivity index (χ2n) is 8.37. The molecule has 0 radical (unpaired) electrons. The van der Waals surface area contributed by atoms with Crippen molar-refractivity contribution in [1.82, 2.24) is 0 Å². The Bertz CT molecular complexity index is 1580. The summed E-state index contributed by atoms with van der Waals surface area (Å²) >= 11 is 6.41. The van der Waals surface area contributed by atoms with Crippen molar-refractivity contribution in [2.24, 2.45) is 4.99 Å². The van der Waals surface area contributed by atoms with Gasteiger partial charge in [0.05, 0.1) is 23.5 Å². The number of anilines is 2. The molecule has 0 aliphatic heterocycles. The van der Waals surface area contributed by atoms with Crippen LogP contribution in [-0.4, -0.2) is 39.8 Å². The first-order valence-electron chi connectivity index (χ1n) is 11.9. The van der Waals surface area contributed by atoms with Gasteiger partial charge in [-0.15, -0.1) is 0 Å². The zero-order chi connectivity index (χ0) is 27.8. The van der Waals surface area contributed by atoms with E-state index in [9.17, 15) is 12.8 Å². The van der Waals surface area contributed by atoms with Gasteiger partial charge in [0.2, 0.25) is 0 Å². The molecule has 0 fully saturated rings. The number of nitrogens with one attached hydrogen (secondary N) is 3. The number of thiol groups is 1. The van der Waals surface area contributed by atoms with Gasteiger partial charge in [-0.1, -0.05) is 23.7 Å². The number of ether oxygens (including phenoxy) is 1. The zero-order valence-electron chi connectivity index (χ0n) is 20.9. The maximum atomic E-state index is 13.4. The molecule has 8 nitrogen and oxygen atoms in total. The van der Waals surface area contributed by atoms with Crippen LogP contribution in [0.5, 0.6) is 5.75 Å².